The highest BCUT2D eigenvalue weighted by Crippen LogP contribution is 2.11. The number of hydrogen-bond acceptors (Lipinski definition) is 4. The molecule has 0 saturated heterocycles. The summed E-state index contributed by atoms with van der Waals surface area (Å²) in [6.07, 6.45) is 5.63. The van der Waals surface area contributed by atoms with Crippen LogP contribution in [0, 0.1) is 12.7 Å². The molecule has 2 aromatic rings. The minimum atomic E-state index is -0.387. The number of aromatic nitrogens is 3. The van der Waals surface area contributed by atoms with Crippen LogP contribution >= 0.6 is 0 Å². The van der Waals surface area contributed by atoms with E-state index in [1.54, 1.807) is 19.3 Å². The maximum Gasteiger partial charge on any atom is 0.186 e. The van der Waals surface area contributed by atoms with Crippen LogP contribution in [0.4, 0.5) is 10.2 Å². The Morgan fingerprint density at radius 1 is 1.24 bits per heavy atom. The highest BCUT2D eigenvalue weighted by atomic mass is 19.1. The summed E-state index contributed by atoms with van der Waals surface area (Å²) in [5.74, 6) is -0.131. The Morgan fingerprint density at radius 2 is 2.00 bits per heavy atom. The number of anilines is 1. The normalized spacial score (nSPS) is 10.2. The number of hydrogen-bond donors (Lipinski definition) is 1. The van der Waals surface area contributed by atoms with Crippen molar-refractivity contribution in [2.24, 2.45) is 0 Å². The van der Waals surface area contributed by atoms with Crippen LogP contribution in [0.5, 0.6) is 0 Å². The van der Waals surface area contributed by atoms with E-state index >= 15 is 0 Å². The van der Waals surface area contributed by atoms with Crippen LogP contribution in [0.1, 0.15) is 11.3 Å². The topological polar surface area (TPSA) is 50.7 Å². The molecule has 2 aromatic heterocycles. The van der Waals surface area contributed by atoms with E-state index in [1.165, 1.54) is 6.33 Å². The van der Waals surface area contributed by atoms with E-state index in [2.05, 4.69) is 20.3 Å². The Labute approximate surface area is 99.0 Å². The first-order chi connectivity index (χ1) is 8.27. The van der Waals surface area contributed by atoms with Crippen LogP contribution in [-0.2, 0) is 6.42 Å². The molecule has 0 radical (unpaired) electrons. The first-order valence-electron chi connectivity index (χ1n) is 5.37. The van der Waals surface area contributed by atoms with Crippen molar-refractivity contribution in [3.63, 3.8) is 0 Å². The molecular weight excluding hydrogens is 219 g/mol. The molecule has 0 aliphatic carbocycles. The van der Waals surface area contributed by atoms with E-state index in [9.17, 15) is 4.39 Å². The van der Waals surface area contributed by atoms with Gasteiger partial charge in [-0.25, -0.2) is 14.4 Å². The summed E-state index contributed by atoms with van der Waals surface area (Å²) in [6.45, 7) is 2.24. The van der Waals surface area contributed by atoms with E-state index in [0.29, 0.717) is 12.2 Å². The monoisotopic (exact) mass is 232 g/mol. The smallest absolute Gasteiger partial charge is 0.186 e. The van der Waals surface area contributed by atoms with Gasteiger partial charge in [0.15, 0.2) is 11.6 Å². The lowest BCUT2D eigenvalue weighted by atomic mass is 10.2. The summed E-state index contributed by atoms with van der Waals surface area (Å²) in [4.78, 5) is 11.6. The molecule has 17 heavy (non-hydrogen) atoms. The van der Waals surface area contributed by atoms with Crippen LogP contribution < -0.4 is 5.32 Å². The zero-order valence-corrected chi connectivity index (χ0v) is 9.52. The van der Waals surface area contributed by atoms with E-state index < -0.39 is 0 Å². The first kappa shape index (κ1) is 11.4. The van der Waals surface area contributed by atoms with Crippen molar-refractivity contribution in [3.05, 3.63) is 47.9 Å². The van der Waals surface area contributed by atoms with E-state index in [0.717, 1.165) is 12.0 Å². The summed E-state index contributed by atoms with van der Waals surface area (Å²) in [5, 5.41) is 2.96. The van der Waals surface area contributed by atoms with Gasteiger partial charge in [-0.2, -0.15) is 0 Å². The van der Waals surface area contributed by atoms with E-state index in [1.807, 2.05) is 12.1 Å². The van der Waals surface area contributed by atoms with Crippen molar-refractivity contribution in [3.8, 4) is 0 Å². The lowest BCUT2D eigenvalue weighted by Gasteiger charge is -2.07. The number of nitrogens with one attached hydrogen (secondary N) is 1. The Morgan fingerprint density at radius 3 is 2.76 bits per heavy atom. The molecule has 0 bridgehead atoms. The Kier molecular flexibility index (Phi) is 3.59. The first-order valence-corrected chi connectivity index (χ1v) is 5.37. The number of halogens is 1. The molecule has 4 nitrogen and oxygen atoms in total. The fraction of sp³-hybridized carbons (Fsp3) is 0.250. The van der Waals surface area contributed by atoms with Gasteiger partial charge in [-0.15, -0.1) is 0 Å². The second kappa shape index (κ2) is 5.34. The standard InChI is InChI=1S/C12H13FN4/c1-9-11(13)12(17-8-16-9)15-7-4-10-2-5-14-6-3-10/h2-3,5-6,8H,4,7H2,1H3,(H,15,16,17). The third-order valence-electron chi connectivity index (χ3n) is 2.42. The molecule has 0 aliphatic rings. The van der Waals surface area contributed by atoms with Crippen molar-refractivity contribution < 1.29 is 4.39 Å². The van der Waals surface area contributed by atoms with Gasteiger partial charge in [0, 0.05) is 18.9 Å². The third-order valence-corrected chi connectivity index (χ3v) is 2.42. The van der Waals surface area contributed by atoms with Gasteiger partial charge < -0.3 is 5.32 Å². The molecule has 88 valence electrons. The van der Waals surface area contributed by atoms with Gasteiger partial charge in [-0.3, -0.25) is 4.98 Å². The molecule has 1 N–H and O–H groups in total. The zero-order valence-electron chi connectivity index (χ0n) is 9.52. The van der Waals surface area contributed by atoms with Crippen molar-refractivity contribution in [2.75, 3.05) is 11.9 Å². The molecule has 0 fully saturated rings. The number of aryl methyl sites for hydroxylation is 1. The molecular formula is C12H13FN4. The molecule has 2 rings (SSSR count). The van der Waals surface area contributed by atoms with E-state index in [4.69, 9.17) is 0 Å². The Bertz CT molecular complexity index is 487. The Balaban J connectivity index is 1.93. The predicted octanol–water partition coefficient (Wildman–Crippen LogP) is 1.97. The Hall–Kier alpha value is -2.04. The lowest BCUT2D eigenvalue weighted by molar-refractivity contribution is 0.604. The summed E-state index contributed by atoms with van der Waals surface area (Å²) in [7, 11) is 0. The molecule has 0 unspecified atom stereocenters. The molecule has 0 saturated carbocycles. The molecule has 0 aliphatic heterocycles. The second-order valence-electron chi connectivity index (χ2n) is 3.65. The third kappa shape index (κ3) is 2.96. The zero-order chi connectivity index (χ0) is 12.1. The maximum absolute atomic E-state index is 13.5. The lowest BCUT2D eigenvalue weighted by Crippen LogP contribution is -2.09. The highest BCUT2D eigenvalue weighted by molar-refractivity contribution is 5.36. The van der Waals surface area contributed by atoms with Crippen LogP contribution in [0.15, 0.2) is 30.9 Å². The maximum atomic E-state index is 13.5. The van der Waals surface area contributed by atoms with E-state index in [-0.39, 0.29) is 11.6 Å². The van der Waals surface area contributed by atoms with Crippen molar-refractivity contribution >= 4 is 5.82 Å². The number of rotatable bonds is 4. The number of nitrogens with zero attached hydrogens (tertiary/aromatic N) is 3. The molecule has 0 aromatic carbocycles. The second-order valence-corrected chi connectivity index (χ2v) is 3.65. The van der Waals surface area contributed by atoms with Gasteiger partial charge >= 0.3 is 0 Å². The van der Waals surface area contributed by atoms with Gasteiger partial charge in [-0.1, -0.05) is 0 Å². The molecule has 5 heteroatoms. The largest absolute Gasteiger partial charge is 0.367 e. The van der Waals surface area contributed by atoms with Gasteiger partial charge in [-0.05, 0) is 31.0 Å². The van der Waals surface area contributed by atoms with Crippen molar-refractivity contribution in [1.82, 2.24) is 15.0 Å². The molecule has 2 heterocycles. The summed E-state index contributed by atoms with van der Waals surface area (Å²) < 4.78 is 13.5. The predicted molar refractivity (Wildman–Crippen MR) is 63.2 cm³/mol. The van der Waals surface area contributed by atoms with Gasteiger partial charge in [0.25, 0.3) is 0 Å². The van der Waals surface area contributed by atoms with Crippen molar-refractivity contribution in [1.29, 1.82) is 0 Å². The molecule has 0 amide bonds. The van der Waals surface area contributed by atoms with Crippen molar-refractivity contribution in [2.45, 2.75) is 13.3 Å². The van der Waals surface area contributed by atoms with Gasteiger partial charge in [0.1, 0.15) is 6.33 Å². The summed E-state index contributed by atoms with van der Waals surface area (Å²) >= 11 is 0. The van der Waals surface area contributed by atoms with Crippen LogP contribution in [0.2, 0.25) is 0 Å². The van der Waals surface area contributed by atoms with Gasteiger partial charge in [0.05, 0.1) is 5.69 Å². The van der Waals surface area contributed by atoms with Gasteiger partial charge in [0.2, 0.25) is 0 Å². The fourth-order valence-electron chi connectivity index (χ4n) is 1.46. The minimum absolute atomic E-state index is 0.256. The quantitative estimate of drug-likeness (QED) is 0.875. The van der Waals surface area contributed by atoms with Crippen LogP contribution in [0.3, 0.4) is 0 Å². The number of pyridine rings is 1. The SMILES string of the molecule is Cc1ncnc(NCCc2ccncc2)c1F. The molecule has 0 spiro atoms. The summed E-state index contributed by atoms with van der Waals surface area (Å²) in [5.41, 5.74) is 1.50. The minimum Gasteiger partial charge on any atom is -0.367 e. The highest BCUT2D eigenvalue weighted by Gasteiger charge is 2.06. The average molecular weight is 232 g/mol. The van der Waals surface area contributed by atoms with Crippen LogP contribution in [0.25, 0.3) is 0 Å². The van der Waals surface area contributed by atoms with Crippen LogP contribution in [-0.4, -0.2) is 21.5 Å². The summed E-state index contributed by atoms with van der Waals surface area (Å²) in [6, 6.07) is 3.87. The molecule has 0 atom stereocenters. The fourth-order valence-corrected chi connectivity index (χ4v) is 1.46. The average Bonchev–Trinajstić information content (AvgIpc) is 2.36.